The molecular formula is C20H21FN4OS. The lowest BCUT2D eigenvalue weighted by Gasteiger charge is -2.16. The fourth-order valence-corrected chi connectivity index (χ4v) is 2.94. The van der Waals surface area contributed by atoms with Gasteiger partial charge in [0.2, 0.25) is 5.91 Å². The van der Waals surface area contributed by atoms with E-state index in [9.17, 15) is 9.18 Å². The molecule has 1 fully saturated rings. The van der Waals surface area contributed by atoms with Gasteiger partial charge in [-0.1, -0.05) is 24.3 Å². The van der Waals surface area contributed by atoms with E-state index >= 15 is 0 Å². The number of halogens is 1. The maximum absolute atomic E-state index is 12.9. The van der Waals surface area contributed by atoms with E-state index in [-0.39, 0.29) is 11.7 Å². The van der Waals surface area contributed by atoms with Crippen LogP contribution in [0.25, 0.3) is 0 Å². The second kappa shape index (κ2) is 8.73. The number of benzene rings is 2. The first-order valence-electron chi connectivity index (χ1n) is 8.76. The molecule has 3 rings (SSSR count). The number of hydrazone groups is 1. The van der Waals surface area contributed by atoms with E-state index in [0.29, 0.717) is 18.1 Å². The zero-order valence-electron chi connectivity index (χ0n) is 15.0. The Hall–Kier alpha value is -2.80. The SMILES string of the molecule is C/C(=N/NC(=S)NCc1ccc(F)cc1)c1ccc(N2CCCC2=O)cc1. The van der Waals surface area contributed by atoms with Crippen molar-refractivity contribution in [1.29, 1.82) is 0 Å². The molecule has 0 bridgehead atoms. The molecule has 1 amide bonds. The molecule has 0 unspecified atom stereocenters. The lowest BCUT2D eigenvalue weighted by Crippen LogP contribution is -2.32. The minimum Gasteiger partial charge on any atom is -0.357 e. The molecule has 0 aliphatic carbocycles. The first kappa shape index (κ1) is 19.0. The normalized spacial score (nSPS) is 14.4. The van der Waals surface area contributed by atoms with Crippen LogP contribution in [0.3, 0.4) is 0 Å². The maximum atomic E-state index is 12.9. The minimum atomic E-state index is -0.264. The van der Waals surface area contributed by atoms with E-state index in [1.165, 1.54) is 12.1 Å². The number of amides is 1. The van der Waals surface area contributed by atoms with Gasteiger partial charge in [0.05, 0.1) is 5.71 Å². The van der Waals surface area contributed by atoms with Gasteiger partial charge < -0.3 is 10.2 Å². The molecule has 27 heavy (non-hydrogen) atoms. The molecule has 7 heteroatoms. The van der Waals surface area contributed by atoms with E-state index in [2.05, 4.69) is 15.8 Å². The third-order valence-corrected chi connectivity index (χ3v) is 4.60. The molecule has 2 aromatic carbocycles. The van der Waals surface area contributed by atoms with Gasteiger partial charge in [-0.3, -0.25) is 10.2 Å². The van der Waals surface area contributed by atoms with Crippen molar-refractivity contribution >= 4 is 34.6 Å². The van der Waals surface area contributed by atoms with Gasteiger partial charge in [0, 0.05) is 25.2 Å². The predicted octanol–water partition coefficient (Wildman–Crippen LogP) is 3.34. The van der Waals surface area contributed by atoms with Crippen LogP contribution >= 0.6 is 12.2 Å². The second-order valence-corrected chi connectivity index (χ2v) is 6.72. The number of hydrogen-bond donors (Lipinski definition) is 2. The van der Waals surface area contributed by atoms with Gasteiger partial charge in [-0.15, -0.1) is 0 Å². The number of anilines is 1. The highest BCUT2D eigenvalue weighted by molar-refractivity contribution is 7.80. The highest BCUT2D eigenvalue weighted by Crippen LogP contribution is 2.21. The molecule has 1 aliphatic rings. The van der Waals surface area contributed by atoms with Crippen LogP contribution in [-0.4, -0.2) is 23.3 Å². The van der Waals surface area contributed by atoms with Crippen LogP contribution in [0.2, 0.25) is 0 Å². The van der Waals surface area contributed by atoms with Crippen molar-refractivity contribution in [3.63, 3.8) is 0 Å². The van der Waals surface area contributed by atoms with Gasteiger partial charge in [-0.05, 0) is 61.0 Å². The summed E-state index contributed by atoms with van der Waals surface area (Å²) in [6, 6.07) is 14.0. The molecule has 0 radical (unpaired) electrons. The number of carbonyl (C=O) groups is 1. The first-order chi connectivity index (χ1) is 13.0. The molecule has 2 N–H and O–H groups in total. The van der Waals surface area contributed by atoms with Gasteiger partial charge in [0.15, 0.2) is 5.11 Å². The Morgan fingerprint density at radius 2 is 1.89 bits per heavy atom. The standard InChI is InChI=1S/C20H21FN4OS/c1-14(16-6-10-18(11-7-16)25-12-2-3-19(25)26)23-24-20(27)22-13-15-4-8-17(21)9-5-15/h4-11H,2-3,12-13H2,1H3,(H2,22,24,27)/b23-14-. The molecule has 1 saturated heterocycles. The first-order valence-corrected chi connectivity index (χ1v) is 9.17. The summed E-state index contributed by atoms with van der Waals surface area (Å²) >= 11 is 5.21. The largest absolute Gasteiger partial charge is 0.357 e. The smallest absolute Gasteiger partial charge is 0.227 e. The molecule has 1 aliphatic heterocycles. The third-order valence-electron chi connectivity index (χ3n) is 4.36. The topological polar surface area (TPSA) is 56.7 Å². The molecule has 1 heterocycles. The van der Waals surface area contributed by atoms with Crippen molar-refractivity contribution in [1.82, 2.24) is 10.7 Å². The van der Waals surface area contributed by atoms with Gasteiger partial charge in [0.1, 0.15) is 5.82 Å². The maximum Gasteiger partial charge on any atom is 0.227 e. The molecular weight excluding hydrogens is 363 g/mol. The zero-order valence-corrected chi connectivity index (χ0v) is 15.9. The Labute approximate surface area is 163 Å². The van der Waals surface area contributed by atoms with E-state index < -0.39 is 0 Å². The van der Waals surface area contributed by atoms with E-state index in [1.54, 1.807) is 12.1 Å². The van der Waals surface area contributed by atoms with E-state index in [4.69, 9.17) is 12.2 Å². The van der Waals surface area contributed by atoms with Crippen LogP contribution in [-0.2, 0) is 11.3 Å². The second-order valence-electron chi connectivity index (χ2n) is 6.31. The summed E-state index contributed by atoms with van der Waals surface area (Å²) in [7, 11) is 0. The number of thiocarbonyl (C=S) groups is 1. The lowest BCUT2D eigenvalue weighted by molar-refractivity contribution is -0.117. The fraction of sp³-hybridized carbons (Fsp3) is 0.250. The number of carbonyl (C=O) groups excluding carboxylic acids is 1. The highest BCUT2D eigenvalue weighted by Gasteiger charge is 2.21. The molecule has 0 saturated carbocycles. The van der Waals surface area contributed by atoms with Gasteiger partial charge in [0.25, 0.3) is 0 Å². The zero-order chi connectivity index (χ0) is 19.2. The highest BCUT2D eigenvalue weighted by atomic mass is 32.1. The van der Waals surface area contributed by atoms with E-state index in [0.717, 1.165) is 35.5 Å². The monoisotopic (exact) mass is 384 g/mol. The van der Waals surface area contributed by atoms with Gasteiger partial charge in [-0.2, -0.15) is 5.10 Å². The van der Waals surface area contributed by atoms with Crippen LogP contribution in [0.1, 0.15) is 30.9 Å². The number of nitrogens with zero attached hydrogens (tertiary/aromatic N) is 2. The molecule has 2 aromatic rings. The fourth-order valence-electron chi connectivity index (χ4n) is 2.83. The predicted molar refractivity (Wildman–Crippen MR) is 109 cm³/mol. The summed E-state index contributed by atoms with van der Waals surface area (Å²) < 4.78 is 12.9. The summed E-state index contributed by atoms with van der Waals surface area (Å²) in [4.78, 5) is 13.6. The van der Waals surface area contributed by atoms with Crippen molar-refractivity contribution in [2.75, 3.05) is 11.4 Å². The van der Waals surface area contributed by atoms with Crippen LogP contribution in [0, 0.1) is 5.82 Å². The van der Waals surface area contributed by atoms with Crippen molar-refractivity contribution in [3.8, 4) is 0 Å². The lowest BCUT2D eigenvalue weighted by atomic mass is 10.1. The Bertz CT molecular complexity index is 849. The Kier molecular flexibility index (Phi) is 6.13. The van der Waals surface area contributed by atoms with Crippen LogP contribution in [0.5, 0.6) is 0 Å². The summed E-state index contributed by atoms with van der Waals surface area (Å²) in [5.41, 5.74) is 6.37. The number of nitrogens with one attached hydrogen (secondary N) is 2. The molecule has 0 atom stereocenters. The Morgan fingerprint density at radius 1 is 1.19 bits per heavy atom. The Morgan fingerprint density at radius 3 is 2.52 bits per heavy atom. The molecule has 5 nitrogen and oxygen atoms in total. The van der Waals surface area contributed by atoms with Gasteiger partial charge in [-0.25, -0.2) is 4.39 Å². The Balaban J connectivity index is 1.52. The summed E-state index contributed by atoms with van der Waals surface area (Å²) in [6.45, 7) is 3.14. The average Bonchev–Trinajstić information content (AvgIpc) is 3.11. The average molecular weight is 384 g/mol. The van der Waals surface area contributed by atoms with Crippen LogP contribution in [0.4, 0.5) is 10.1 Å². The number of rotatable bonds is 5. The third kappa shape index (κ3) is 5.10. The molecule has 0 spiro atoms. The summed E-state index contributed by atoms with van der Waals surface area (Å²) in [5, 5.41) is 7.70. The van der Waals surface area contributed by atoms with Crippen LogP contribution < -0.4 is 15.6 Å². The van der Waals surface area contributed by atoms with Crippen molar-refractivity contribution in [2.24, 2.45) is 5.10 Å². The molecule has 140 valence electrons. The van der Waals surface area contributed by atoms with E-state index in [1.807, 2.05) is 36.1 Å². The van der Waals surface area contributed by atoms with Crippen molar-refractivity contribution in [2.45, 2.75) is 26.3 Å². The van der Waals surface area contributed by atoms with Gasteiger partial charge >= 0.3 is 0 Å². The van der Waals surface area contributed by atoms with Crippen molar-refractivity contribution in [3.05, 3.63) is 65.5 Å². The summed E-state index contributed by atoms with van der Waals surface area (Å²) in [5.74, 6) is -0.0906. The van der Waals surface area contributed by atoms with Crippen molar-refractivity contribution < 1.29 is 9.18 Å². The van der Waals surface area contributed by atoms with Crippen LogP contribution in [0.15, 0.2) is 53.6 Å². The molecule has 0 aromatic heterocycles. The minimum absolute atomic E-state index is 0.174. The summed E-state index contributed by atoms with van der Waals surface area (Å²) in [6.07, 6.45) is 1.53. The number of hydrogen-bond acceptors (Lipinski definition) is 3. The quantitative estimate of drug-likeness (QED) is 0.472.